The molecule has 0 radical (unpaired) electrons. The number of guanidine groups is 1. The molecule has 0 bridgehead atoms. The summed E-state index contributed by atoms with van der Waals surface area (Å²) < 4.78 is 10.9. The van der Waals surface area contributed by atoms with Gasteiger partial charge in [0.05, 0.1) is 18.4 Å². The minimum atomic E-state index is -0.514. The van der Waals surface area contributed by atoms with Gasteiger partial charge in [-0.2, -0.15) is 5.10 Å². The summed E-state index contributed by atoms with van der Waals surface area (Å²) in [5.74, 6) is 0.0357. The lowest BCUT2D eigenvalue weighted by atomic mass is 10.2. The Balaban J connectivity index is 2.21. The van der Waals surface area contributed by atoms with Crippen LogP contribution in [-0.4, -0.2) is 24.8 Å². The predicted octanol–water partition coefficient (Wildman–Crippen LogP) is 2.57. The molecule has 0 fully saturated rings. The lowest BCUT2D eigenvalue weighted by Crippen LogP contribution is -2.21. The van der Waals surface area contributed by atoms with Gasteiger partial charge in [-0.15, -0.1) is 5.10 Å². The smallest absolute Gasteiger partial charge is 0.343 e. The first-order valence-corrected chi connectivity index (χ1v) is 7.74. The maximum atomic E-state index is 12.2. The van der Waals surface area contributed by atoms with E-state index in [2.05, 4.69) is 10.2 Å². The first-order chi connectivity index (χ1) is 12.0. The number of esters is 1. The number of benzene rings is 2. The Labute approximate surface area is 149 Å². The van der Waals surface area contributed by atoms with E-state index in [9.17, 15) is 4.79 Å². The molecule has 4 N–H and O–H groups in total. The van der Waals surface area contributed by atoms with E-state index in [0.717, 1.165) is 0 Å². The van der Waals surface area contributed by atoms with Crippen LogP contribution >= 0.6 is 11.6 Å². The van der Waals surface area contributed by atoms with E-state index in [4.69, 9.17) is 32.5 Å². The monoisotopic (exact) mass is 360 g/mol. The highest BCUT2D eigenvalue weighted by molar-refractivity contribution is 6.30. The second kappa shape index (κ2) is 8.70. The molecule has 0 aliphatic rings. The van der Waals surface area contributed by atoms with Gasteiger partial charge in [0.25, 0.3) is 0 Å². The Hall–Kier alpha value is -3.06. The number of carbonyl (C=O) groups excluding carboxylic acids is 1. The Morgan fingerprint density at radius 3 is 2.52 bits per heavy atom. The molecule has 25 heavy (non-hydrogen) atoms. The van der Waals surface area contributed by atoms with E-state index in [-0.39, 0.29) is 5.96 Å². The number of rotatable bonds is 6. The van der Waals surface area contributed by atoms with Crippen molar-refractivity contribution in [1.29, 1.82) is 0 Å². The van der Waals surface area contributed by atoms with Crippen molar-refractivity contribution in [3.63, 3.8) is 0 Å². The van der Waals surface area contributed by atoms with Gasteiger partial charge in [0.15, 0.2) is 11.5 Å². The summed E-state index contributed by atoms with van der Waals surface area (Å²) in [6, 6.07) is 11.4. The van der Waals surface area contributed by atoms with E-state index in [1.807, 2.05) is 6.92 Å². The molecule has 2 rings (SSSR count). The summed E-state index contributed by atoms with van der Waals surface area (Å²) in [5, 5.41) is 7.78. The van der Waals surface area contributed by atoms with Crippen molar-refractivity contribution in [2.24, 2.45) is 21.7 Å². The van der Waals surface area contributed by atoms with E-state index in [1.165, 1.54) is 6.21 Å². The first-order valence-electron chi connectivity index (χ1n) is 7.36. The van der Waals surface area contributed by atoms with Gasteiger partial charge in [-0.1, -0.05) is 11.6 Å². The molecule has 130 valence electrons. The van der Waals surface area contributed by atoms with E-state index in [0.29, 0.717) is 34.3 Å². The molecule has 7 nitrogen and oxygen atoms in total. The number of carbonyl (C=O) groups is 1. The van der Waals surface area contributed by atoms with Gasteiger partial charge in [0, 0.05) is 5.02 Å². The highest BCUT2D eigenvalue weighted by Crippen LogP contribution is 2.29. The third kappa shape index (κ3) is 5.50. The van der Waals surface area contributed by atoms with Gasteiger partial charge in [-0.3, -0.25) is 0 Å². The molecule has 0 spiro atoms. The second-order valence-electron chi connectivity index (χ2n) is 4.81. The molecule has 0 atom stereocenters. The predicted molar refractivity (Wildman–Crippen MR) is 97.4 cm³/mol. The second-order valence-corrected chi connectivity index (χ2v) is 5.24. The van der Waals surface area contributed by atoms with Gasteiger partial charge in [-0.05, 0) is 55.0 Å². The molecule has 0 aliphatic heterocycles. The average Bonchev–Trinajstić information content (AvgIpc) is 2.57. The summed E-state index contributed by atoms with van der Waals surface area (Å²) in [7, 11) is 0. The molecule has 2 aromatic rings. The zero-order valence-corrected chi connectivity index (χ0v) is 14.2. The van der Waals surface area contributed by atoms with Crippen LogP contribution in [0.25, 0.3) is 0 Å². The van der Waals surface area contributed by atoms with Gasteiger partial charge < -0.3 is 20.9 Å². The minimum Gasteiger partial charge on any atom is -0.490 e. The number of halogens is 1. The number of nitrogens with zero attached hydrogens (tertiary/aromatic N) is 2. The fourth-order valence-corrected chi connectivity index (χ4v) is 1.99. The molecular formula is C17H17ClN4O3. The van der Waals surface area contributed by atoms with Crippen molar-refractivity contribution in [3.8, 4) is 11.5 Å². The van der Waals surface area contributed by atoms with Crippen LogP contribution in [0.1, 0.15) is 22.8 Å². The van der Waals surface area contributed by atoms with Crippen LogP contribution in [-0.2, 0) is 0 Å². The lowest BCUT2D eigenvalue weighted by Gasteiger charge is -2.11. The van der Waals surface area contributed by atoms with Crippen LogP contribution in [0.2, 0.25) is 5.02 Å². The van der Waals surface area contributed by atoms with Gasteiger partial charge in [-0.25, -0.2) is 4.79 Å². The SMILES string of the molecule is CCOc1cc(C=NN=C(N)N)ccc1OC(=O)c1ccc(Cl)cc1. The number of ether oxygens (including phenoxy) is 2. The van der Waals surface area contributed by atoms with E-state index in [1.54, 1.807) is 42.5 Å². The molecule has 0 saturated heterocycles. The Morgan fingerprint density at radius 1 is 1.16 bits per heavy atom. The number of hydrogen-bond acceptors (Lipinski definition) is 5. The number of nitrogens with two attached hydrogens (primary N) is 2. The number of hydrogen-bond donors (Lipinski definition) is 2. The Kier molecular flexibility index (Phi) is 6.36. The van der Waals surface area contributed by atoms with Crippen LogP contribution < -0.4 is 20.9 Å². The van der Waals surface area contributed by atoms with Gasteiger partial charge >= 0.3 is 5.97 Å². The topological polar surface area (TPSA) is 112 Å². The van der Waals surface area contributed by atoms with Crippen molar-refractivity contribution in [2.75, 3.05) is 6.61 Å². The fraction of sp³-hybridized carbons (Fsp3) is 0.118. The summed E-state index contributed by atoms with van der Waals surface area (Å²) in [6.45, 7) is 2.23. The third-order valence-corrected chi connectivity index (χ3v) is 3.18. The molecule has 0 aromatic heterocycles. The fourth-order valence-electron chi connectivity index (χ4n) is 1.86. The molecule has 0 heterocycles. The molecule has 0 amide bonds. The normalized spacial score (nSPS) is 10.5. The largest absolute Gasteiger partial charge is 0.490 e. The van der Waals surface area contributed by atoms with Gasteiger partial charge in [0.2, 0.25) is 5.96 Å². The van der Waals surface area contributed by atoms with Crippen LogP contribution in [0.15, 0.2) is 52.7 Å². The van der Waals surface area contributed by atoms with E-state index >= 15 is 0 Å². The Bertz CT molecular complexity index is 800. The minimum absolute atomic E-state index is 0.144. The summed E-state index contributed by atoms with van der Waals surface area (Å²) in [5.41, 5.74) is 11.5. The standard InChI is InChI=1S/C17H17ClN4O3/c1-2-24-15-9-11(10-21-22-17(19)20)3-8-14(15)25-16(23)12-4-6-13(18)7-5-12/h3-10H,2H2,1H3,(H4,19,20,22). The van der Waals surface area contributed by atoms with Crippen molar-refractivity contribution < 1.29 is 14.3 Å². The van der Waals surface area contributed by atoms with Crippen molar-refractivity contribution >= 4 is 29.7 Å². The third-order valence-electron chi connectivity index (χ3n) is 2.93. The van der Waals surface area contributed by atoms with Crippen LogP contribution in [0, 0.1) is 0 Å². The zero-order chi connectivity index (χ0) is 18.2. The van der Waals surface area contributed by atoms with Crippen LogP contribution in [0.5, 0.6) is 11.5 Å². The molecular weight excluding hydrogens is 344 g/mol. The van der Waals surface area contributed by atoms with Crippen LogP contribution in [0.4, 0.5) is 0 Å². The quantitative estimate of drug-likeness (QED) is 0.270. The first kappa shape index (κ1) is 18.3. The van der Waals surface area contributed by atoms with Gasteiger partial charge in [0.1, 0.15) is 0 Å². The maximum Gasteiger partial charge on any atom is 0.343 e. The van der Waals surface area contributed by atoms with E-state index < -0.39 is 5.97 Å². The summed E-state index contributed by atoms with van der Waals surface area (Å²) in [6.07, 6.45) is 1.45. The highest BCUT2D eigenvalue weighted by atomic mass is 35.5. The van der Waals surface area contributed by atoms with Crippen molar-refractivity contribution in [1.82, 2.24) is 0 Å². The summed E-state index contributed by atoms with van der Waals surface area (Å²) >= 11 is 5.81. The average molecular weight is 361 g/mol. The Morgan fingerprint density at radius 2 is 1.88 bits per heavy atom. The van der Waals surface area contributed by atoms with Crippen LogP contribution in [0.3, 0.4) is 0 Å². The molecule has 8 heteroatoms. The van der Waals surface area contributed by atoms with Crippen molar-refractivity contribution in [2.45, 2.75) is 6.92 Å². The highest BCUT2D eigenvalue weighted by Gasteiger charge is 2.13. The zero-order valence-electron chi connectivity index (χ0n) is 13.5. The lowest BCUT2D eigenvalue weighted by molar-refractivity contribution is 0.0728. The van der Waals surface area contributed by atoms with Crippen molar-refractivity contribution in [3.05, 3.63) is 58.6 Å². The molecule has 2 aromatic carbocycles. The maximum absolute atomic E-state index is 12.2. The molecule has 0 saturated carbocycles. The molecule has 0 aliphatic carbocycles. The summed E-state index contributed by atoms with van der Waals surface area (Å²) in [4.78, 5) is 12.2. The molecule has 0 unspecified atom stereocenters.